The van der Waals surface area contributed by atoms with Gasteiger partial charge in [-0.2, -0.15) is 0 Å². The van der Waals surface area contributed by atoms with Crippen LogP contribution in [0.2, 0.25) is 0 Å². The summed E-state index contributed by atoms with van der Waals surface area (Å²) in [5, 5.41) is 10.7. The van der Waals surface area contributed by atoms with Crippen LogP contribution in [0.15, 0.2) is 152 Å². The molecule has 0 saturated carbocycles. The van der Waals surface area contributed by atoms with Gasteiger partial charge in [0.25, 0.3) is 0 Å². The number of pyridine rings is 1. The van der Waals surface area contributed by atoms with Crippen molar-refractivity contribution < 1.29 is 0 Å². The number of hydrogen-bond donors (Lipinski definition) is 0. The average Bonchev–Trinajstić information content (AvgIpc) is 3.09. The summed E-state index contributed by atoms with van der Waals surface area (Å²) >= 11 is 0. The Morgan fingerprint density at radius 1 is 0.386 bits per heavy atom. The predicted octanol–water partition coefficient (Wildman–Crippen LogP) is 10.6. The minimum absolute atomic E-state index is 0.922. The van der Waals surface area contributed by atoms with Crippen molar-refractivity contribution in [1.82, 2.24) is 15.0 Å². The van der Waals surface area contributed by atoms with Gasteiger partial charge in [0.05, 0.1) is 16.9 Å². The van der Waals surface area contributed by atoms with Crippen molar-refractivity contribution in [2.75, 3.05) is 0 Å². The van der Waals surface area contributed by atoms with Gasteiger partial charge in [-0.25, -0.2) is 15.0 Å². The third-order valence-corrected chi connectivity index (χ3v) is 8.71. The zero-order valence-electron chi connectivity index (χ0n) is 23.8. The largest absolute Gasteiger partial charge is 0.248 e. The molecular weight excluding hydrogens is 534 g/mol. The zero-order valence-corrected chi connectivity index (χ0v) is 23.8. The van der Waals surface area contributed by atoms with Gasteiger partial charge in [-0.1, -0.05) is 97.1 Å². The topological polar surface area (TPSA) is 38.7 Å². The third kappa shape index (κ3) is 4.10. The molecule has 0 unspecified atom stereocenters. The molecule has 0 aliphatic carbocycles. The zero-order chi connectivity index (χ0) is 29.0. The Labute approximate surface area is 254 Å². The van der Waals surface area contributed by atoms with E-state index in [-0.39, 0.29) is 0 Å². The maximum Gasteiger partial charge on any atom is 0.116 e. The second-order valence-corrected chi connectivity index (χ2v) is 11.4. The summed E-state index contributed by atoms with van der Waals surface area (Å²) in [5.74, 6) is 0. The van der Waals surface area contributed by atoms with Crippen LogP contribution in [0.4, 0.5) is 0 Å². The van der Waals surface area contributed by atoms with E-state index in [1.54, 1.807) is 6.33 Å². The summed E-state index contributed by atoms with van der Waals surface area (Å²) in [6.07, 6.45) is 3.47. The molecule has 0 aliphatic heterocycles. The Balaban J connectivity index is 1.33. The average molecular weight is 560 g/mol. The first-order valence-electron chi connectivity index (χ1n) is 14.8. The Morgan fingerprint density at radius 3 is 1.52 bits per heavy atom. The third-order valence-electron chi connectivity index (χ3n) is 8.71. The summed E-state index contributed by atoms with van der Waals surface area (Å²) in [6.45, 7) is 0. The summed E-state index contributed by atoms with van der Waals surface area (Å²) < 4.78 is 0. The fourth-order valence-electron chi connectivity index (χ4n) is 6.51. The van der Waals surface area contributed by atoms with Crippen LogP contribution in [0.5, 0.6) is 0 Å². The SMILES string of the molecule is c1ccc2cc3c(-c4cc(-c5ccc6cncnc6c5)cc(-c5cccc6cc7ccccc7cc56)n4)cccc3cc2c1. The van der Waals surface area contributed by atoms with E-state index < -0.39 is 0 Å². The van der Waals surface area contributed by atoms with Crippen LogP contribution in [-0.4, -0.2) is 15.0 Å². The van der Waals surface area contributed by atoms with Gasteiger partial charge in [0, 0.05) is 22.7 Å². The lowest BCUT2D eigenvalue weighted by Gasteiger charge is -2.14. The standard InChI is InChI=1S/C41H25N3/c1-3-9-28-19-37-31(17-26(28)7-1)11-5-13-35(37)40-22-34(30-15-16-33-24-42-25-43-39(33)21-30)23-41(44-40)36-14-6-12-32-18-27-8-2-4-10-29(27)20-38(32)36/h1-25H. The molecule has 0 atom stereocenters. The second kappa shape index (κ2) is 9.82. The van der Waals surface area contributed by atoms with Crippen molar-refractivity contribution in [2.24, 2.45) is 0 Å². The molecule has 9 aromatic rings. The van der Waals surface area contributed by atoms with E-state index in [4.69, 9.17) is 4.98 Å². The van der Waals surface area contributed by atoms with Crippen LogP contribution in [0.25, 0.3) is 87.6 Å². The van der Waals surface area contributed by atoms with Crippen LogP contribution >= 0.6 is 0 Å². The molecule has 44 heavy (non-hydrogen) atoms. The van der Waals surface area contributed by atoms with Crippen molar-refractivity contribution in [3.8, 4) is 33.6 Å². The number of rotatable bonds is 3. The summed E-state index contributed by atoms with van der Waals surface area (Å²) in [7, 11) is 0. The minimum Gasteiger partial charge on any atom is -0.248 e. The van der Waals surface area contributed by atoms with Crippen LogP contribution in [0.3, 0.4) is 0 Å². The van der Waals surface area contributed by atoms with Gasteiger partial charge in [-0.3, -0.25) is 0 Å². The summed E-state index contributed by atoms with van der Waals surface area (Å²) in [5.41, 5.74) is 7.23. The van der Waals surface area contributed by atoms with Crippen molar-refractivity contribution in [2.45, 2.75) is 0 Å². The van der Waals surface area contributed by atoms with Crippen molar-refractivity contribution in [3.63, 3.8) is 0 Å². The molecule has 3 nitrogen and oxygen atoms in total. The molecule has 204 valence electrons. The highest BCUT2D eigenvalue weighted by Gasteiger charge is 2.14. The molecule has 2 heterocycles. The Kier molecular flexibility index (Phi) is 5.50. The molecule has 0 radical (unpaired) electrons. The minimum atomic E-state index is 0.922. The lowest BCUT2D eigenvalue weighted by Crippen LogP contribution is -1.93. The van der Waals surface area contributed by atoms with Gasteiger partial charge in [0.1, 0.15) is 6.33 Å². The lowest BCUT2D eigenvalue weighted by molar-refractivity contribution is 1.22. The number of aromatic nitrogens is 3. The summed E-state index contributed by atoms with van der Waals surface area (Å²) in [4.78, 5) is 14.1. The molecule has 0 spiro atoms. The smallest absolute Gasteiger partial charge is 0.116 e. The van der Waals surface area contributed by atoms with E-state index in [9.17, 15) is 0 Å². The maximum atomic E-state index is 5.40. The van der Waals surface area contributed by atoms with Crippen LogP contribution in [-0.2, 0) is 0 Å². The first-order chi connectivity index (χ1) is 21.8. The molecule has 0 bridgehead atoms. The van der Waals surface area contributed by atoms with Gasteiger partial charge >= 0.3 is 0 Å². The fraction of sp³-hybridized carbons (Fsp3) is 0. The molecule has 0 aliphatic rings. The number of nitrogens with zero attached hydrogens (tertiary/aromatic N) is 3. The Hall–Kier alpha value is -5.93. The monoisotopic (exact) mass is 559 g/mol. The first-order valence-corrected chi connectivity index (χ1v) is 14.8. The van der Waals surface area contributed by atoms with Crippen molar-refractivity contribution in [1.29, 1.82) is 0 Å². The molecule has 2 aromatic heterocycles. The van der Waals surface area contributed by atoms with E-state index in [2.05, 4.69) is 149 Å². The van der Waals surface area contributed by atoms with E-state index in [0.717, 1.165) is 44.5 Å². The van der Waals surface area contributed by atoms with E-state index in [0.29, 0.717) is 0 Å². The molecule has 9 rings (SSSR count). The van der Waals surface area contributed by atoms with Gasteiger partial charge < -0.3 is 0 Å². The van der Waals surface area contributed by atoms with Crippen molar-refractivity contribution in [3.05, 3.63) is 152 Å². The molecule has 7 aromatic carbocycles. The van der Waals surface area contributed by atoms with Crippen LogP contribution < -0.4 is 0 Å². The number of hydrogen-bond acceptors (Lipinski definition) is 3. The Bertz CT molecular complexity index is 2430. The highest BCUT2D eigenvalue weighted by molar-refractivity contribution is 6.07. The quantitative estimate of drug-likeness (QED) is 0.202. The van der Waals surface area contributed by atoms with Gasteiger partial charge in [-0.15, -0.1) is 0 Å². The van der Waals surface area contributed by atoms with E-state index >= 15 is 0 Å². The second-order valence-electron chi connectivity index (χ2n) is 11.4. The molecule has 0 N–H and O–H groups in total. The lowest BCUT2D eigenvalue weighted by atomic mass is 9.93. The molecular formula is C41H25N3. The normalized spacial score (nSPS) is 11.6. The predicted molar refractivity (Wildman–Crippen MR) is 184 cm³/mol. The highest BCUT2D eigenvalue weighted by Crippen LogP contribution is 2.38. The van der Waals surface area contributed by atoms with Gasteiger partial charge in [0.15, 0.2) is 0 Å². The summed E-state index contributed by atoms with van der Waals surface area (Å²) in [6, 6.07) is 50.1. The fourth-order valence-corrected chi connectivity index (χ4v) is 6.51. The van der Waals surface area contributed by atoms with Crippen LogP contribution in [0, 0.1) is 0 Å². The number of benzene rings is 7. The van der Waals surface area contributed by atoms with Gasteiger partial charge in [-0.05, 0) is 96.7 Å². The van der Waals surface area contributed by atoms with Crippen molar-refractivity contribution >= 4 is 54.0 Å². The maximum absolute atomic E-state index is 5.40. The Morgan fingerprint density at radius 2 is 0.932 bits per heavy atom. The first kappa shape index (κ1) is 24.6. The molecule has 0 saturated heterocycles. The van der Waals surface area contributed by atoms with Crippen LogP contribution in [0.1, 0.15) is 0 Å². The molecule has 0 amide bonds. The number of fused-ring (bicyclic) bond motifs is 5. The van der Waals surface area contributed by atoms with E-state index in [1.165, 1.54) is 43.1 Å². The van der Waals surface area contributed by atoms with E-state index in [1.807, 2.05) is 6.20 Å². The molecule has 3 heteroatoms. The molecule has 0 fully saturated rings. The van der Waals surface area contributed by atoms with Gasteiger partial charge in [0.2, 0.25) is 0 Å². The highest BCUT2D eigenvalue weighted by atomic mass is 14.8.